The van der Waals surface area contributed by atoms with Crippen molar-refractivity contribution in [3.63, 3.8) is 0 Å². The summed E-state index contributed by atoms with van der Waals surface area (Å²) in [6, 6.07) is 37.4. The van der Waals surface area contributed by atoms with E-state index in [4.69, 9.17) is 11.6 Å². The van der Waals surface area contributed by atoms with Crippen LogP contribution in [0, 0.1) is 11.3 Å². The number of hydrogen-bond acceptors (Lipinski definition) is 2. The van der Waals surface area contributed by atoms with E-state index in [2.05, 4.69) is 99.3 Å². The van der Waals surface area contributed by atoms with Gasteiger partial charge in [-0.25, -0.2) is 0 Å². The maximum absolute atomic E-state index is 9.25. The van der Waals surface area contributed by atoms with Gasteiger partial charge in [-0.05, 0) is 0 Å². The van der Waals surface area contributed by atoms with E-state index in [-0.39, 0.29) is 5.15 Å². The minimum atomic E-state index is -3.12. The van der Waals surface area contributed by atoms with Crippen LogP contribution in [0.1, 0.15) is 11.3 Å². The predicted molar refractivity (Wildman–Crippen MR) is 132 cm³/mol. The molecule has 0 spiro atoms. The molecule has 0 radical (unpaired) electrons. The van der Waals surface area contributed by atoms with E-state index in [1.54, 1.807) is 6.07 Å². The number of benzene rings is 3. The molecule has 0 amide bonds. The molecule has 1 aromatic heterocycles. The maximum atomic E-state index is 9.25. The summed E-state index contributed by atoms with van der Waals surface area (Å²) < 4.78 is 0. The van der Waals surface area contributed by atoms with Crippen LogP contribution in [-0.4, -0.2) is 4.98 Å². The topological polar surface area (TPSA) is 36.7 Å². The molecule has 148 valence electrons. The second kappa shape index (κ2) is 8.32. The van der Waals surface area contributed by atoms with Gasteiger partial charge in [0.05, 0.1) is 0 Å². The molecule has 2 nitrogen and oxygen atoms in total. The molecule has 0 saturated heterocycles. The van der Waals surface area contributed by atoms with Crippen molar-refractivity contribution in [2.24, 2.45) is 0 Å². The Hall–Kier alpha value is -2.50. The Labute approximate surface area is 189 Å². The van der Waals surface area contributed by atoms with Gasteiger partial charge < -0.3 is 0 Å². The molecule has 0 aliphatic rings. The molecule has 1 heterocycles. The zero-order valence-corrected chi connectivity index (χ0v) is 19.4. The van der Waals surface area contributed by atoms with Crippen LogP contribution >= 0.6 is 32.4 Å². The van der Waals surface area contributed by atoms with E-state index in [1.807, 2.05) is 24.3 Å². The number of rotatable bonds is 5. The Morgan fingerprint density at radius 3 is 1.53 bits per heavy atom. The molecule has 30 heavy (non-hydrogen) atoms. The van der Waals surface area contributed by atoms with Gasteiger partial charge in [0, 0.05) is 0 Å². The predicted octanol–water partition coefficient (Wildman–Crippen LogP) is 5.95. The fraction of sp³-hybridized carbons (Fsp3) is 0.0400. The van der Waals surface area contributed by atoms with Gasteiger partial charge in [-0.1, -0.05) is 0 Å². The molecule has 4 aromatic rings. The van der Waals surface area contributed by atoms with Gasteiger partial charge in [0.25, 0.3) is 0 Å². The monoisotopic (exact) mass is 492 g/mol. The average Bonchev–Trinajstić information content (AvgIpc) is 2.81. The van der Waals surface area contributed by atoms with Crippen LogP contribution in [0.4, 0.5) is 0 Å². The van der Waals surface area contributed by atoms with Crippen molar-refractivity contribution < 1.29 is 0 Å². The van der Waals surface area contributed by atoms with E-state index >= 15 is 0 Å². The number of pyridine rings is 1. The molecule has 0 N–H and O–H groups in total. The first kappa shape index (κ1) is 20.8. The summed E-state index contributed by atoms with van der Waals surface area (Å²) in [4.78, 5) is 4.60. The number of aromatic nitrogens is 1. The van der Waals surface area contributed by atoms with E-state index < -0.39 is 5.31 Å². The summed E-state index contributed by atoms with van der Waals surface area (Å²) >= 11 is 10.7. The van der Waals surface area contributed by atoms with Crippen LogP contribution in [0.25, 0.3) is 0 Å². The minimum absolute atomic E-state index is 0.238. The van der Waals surface area contributed by atoms with Crippen molar-refractivity contribution in [3.05, 3.63) is 120 Å². The van der Waals surface area contributed by atoms with E-state index in [0.717, 1.165) is 5.69 Å². The van der Waals surface area contributed by atoms with Crippen molar-refractivity contribution in [1.82, 2.24) is 4.98 Å². The Bertz CT molecular complexity index is 1110. The molecular weight excluding hydrogens is 475 g/mol. The normalized spacial score (nSPS) is 12.5. The average molecular weight is 494 g/mol. The summed E-state index contributed by atoms with van der Waals surface area (Å²) in [6.07, 6.45) is 0.634. The Balaban J connectivity index is 2.06. The van der Waals surface area contributed by atoms with Crippen molar-refractivity contribution in [2.45, 2.75) is 6.16 Å². The van der Waals surface area contributed by atoms with Crippen LogP contribution in [0.2, 0.25) is 5.15 Å². The first-order chi connectivity index (χ1) is 14.6. The molecule has 5 heteroatoms. The van der Waals surface area contributed by atoms with Gasteiger partial charge >= 0.3 is 190 Å². The second-order valence-corrected chi connectivity index (χ2v) is 16.4. The molecule has 0 saturated carbocycles. The molecule has 0 aliphatic carbocycles. The Morgan fingerprint density at radius 2 is 1.17 bits per heavy atom. The van der Waals surface area contributed by atoms with Gasteiger partial charge in [-0.3, -0.25) is 0 Å². The van der Waals surface area contributed by atoms with E-state index in [9.17, 15) is 5.26 Å². The van der Waals surface area contributed by atoms with Crippen LogP contribution in [-0.2, 0) is 6.16 Å². The molecule has 0 fully saturated rings. The third-order valence-corrected chi connectivity index (χ3v) is 15.1. The van der Waals surface area contributed by atoms with Crippen LogP contribution in [0.3, 0.4) is 0 Å². The third-order valence-electron chi connectivity index (χ3n) is 5.37. The van der Waals surface area contributed by atoms with Gasteiger partial charge in [0.1, 0.15) is 0 Å². The van der Waals surface area contributed by atoms with Crippen LogP contribution in [0.15, 0.2) is 103 Å². The Kier molecular flexibility index (Phi) is 5.76. The van der Waals surface area contributed by atoms with Crippen molar-refractivity contribution in [2.75, 3.05) is 0 Å². The van der Waals surface area contributed by atoms with Crippen molar-refractivity contribution in [1.29, 1.82) is 5.26 Å². The second-order valence-electron chi connectivity index (χ2n) is 7.10. The quantitative estimate of drug-likeness (QED) is 0.255. The summed E-state index contributed by atoms with van der Waals surface area (Å²) in [5.74, 6) is 0. The number of hydrogen-bond donors (Lipinski definition) is 0. The van der Waals surface area contributed by atoms with Gasteiger partial charge in [-0.2, -0.15) is 0 Å². The Morgan fingerprint density at radius 1 is 0.733 bits per heavy atom. The summed E-state index contributed by atoms with van der Waals surface area (Å²) in [6.45, 7) is 0. The number of nitrogens with zero attached hydrogens (tertiary/aromatic N) is 2. The third kappa shape index (κ3) is 3.46. The summed E-state index contributed by atoms with van der Waals surface area (Å²) in [7, 11) is 0. The molecule has 0 unspecified atom stereocenters. The standard InChI is InChI=1S/C25H19BrClN2P/c26-30(22-10-4-1-5-11-22,23-12-6-2-7-13-23,24-14-8-3-9-15-24)19-21-17-16-20(18-28)25(27)29-21/h1-17H,19H2. The molecule has 0 aliphatic heterocycles. The summed E-state index contributed by atoms with van der Waals surface area (Å²) in [5.41, 5.74) is 1.22. The number of nitriles is 1. The van der Waals surface area contributed by atoms with Gasteiger partial charge in [0.15, 0.2) is 0 Å². The van der Waals surface area contributed by atoms with Gasteiger partial charge in [0.2, 0.25) is 0 Å². The molecule has 3 aromatic carbocycles. The molecule has 4 rings (SSSR count). The first-order valence-corrected chi connectivity index (χ1v) is 14.3. The molecular formula is C25H19BrClN2P. The van der Waals surface area contributed by atoms with Crippen molar-refractivity contribution >= 4 is 48.3 Å². The van der Waals surface area contributed by atoms with Crippen LogP contribution in [0.5, 0.6) is 0 Å². The van der Waals surface area contributed by atoms with Crippen LogP contribution < -0.4 is 15.9 Å². The fourth-order valence-corrected chi connectivity index (χ4v) is 11.6. The molecule has 0 bridgehead atoms. The fourth-order valence-electron chi connectivity index (χ4n) is 3.89. The SMILES string of the molecule is N#Cc1ccc(CP(Br)(c2ccccc2)(c2ccccc2)c2ccccc2)nc1Cl. The van der Waals surface area contributed by atoms with E-state index in [1.165, 1.54) is 15.9 Å². The van der Waals surface area contributed by atoms with Crippen molar-refractivity contribution in [3.8, 4) is 6.07 Å². The zero-order chi connectivity index (χ0) is 21.1. The number of halogens is 2. The van der Waals surface area contributed by atoms with Gasteiger partial charge in [-0.15, -0.1) is 0 Å². The van der Waals surface area contributed by atoms with E-state index in [0.29, 0.717) is 11.7 Å². The first-order valence-electron chi connectivity index (χ1n) is 9.51. The summed E-state index contributed by atoms with van der Waals surface area (Å²) in [5, 5.41) is 10.00. The zero-order valence-electron chi connectivity index (χ0n) is 16.1. The molecule has 0 atom stereocenters.